The third-order valence-electron chi connectivity index (χ3n) is 7.78. The van der Waals surface area contributed by atoms with Crippen molar-refractivity contribution >= 4 is 22.0 Å². The molecule has 1 aromatic heterocycles. The van der Waals surface area contributed by atoms with Gasteiger partial charge in [0.05, 0.1) is 11.7 Å². The molecule has 37 heavy (non-hydrogen) atoms. The van der Waals surface area contributed by atoms with Crippen LogP contribution in [-0.2, 0) is 0 Å². The molecule has 3 heterocycles. The Morgan fingerprint density at radius 2 is 1.97 bits per heavy atom. The molecular weight excluding hydrogens is 462 g/mol. The Kier molecular flexibility index (Phi) is 6.13. The zero-order valence-electron chi connectivity index (χ0n) is 21.6. The summed E-state index contributed by atoms with van der Waals surface area (Å²) in [7, 11) is 0. The fourth-order valence-electron chi connectivity index (χ4n) is 5.58. The maximum Gasteiger partial charge on any atom is 0.150 e. The van der Waals surface area contributed by atoms with Crippen LogP contribution < -0.4 is 9.47 Å². The van der Waals surface area contributed by atoms with Gasteiger partial charge < -0.3 is 14.6 Å². The van der Waals surface area contributed by atoms with Gasteiger partial charge in [0.15, 0.2) is 0 Å². The summed E-state index contributed by atoms with van der Waals surface area (Å²) < 4.78 is 12.7. The lowest BCUT2D eigenvalue weighted by Gasteiger charge is -2.31. The van der Waals surface area contributed by atoms with E-state index in [9.17, 15) is 5.11 Å². The number of phenols is 1. The first kappa shape index (κ1) is 23.6. The zero-order chi connectivity index (χ0) is 25.5. The topological polar surface area (TPSA) is 70.6 Å². The third-order valence-corrected chi connectivity index (χ3v) is 7.78. The van der Waals surface area contributed by atoms with Crippen LogP contribution in [0.5, 0.6) is 17.2 Å². The number of aromatic amines is 1. The van der Waals surface area contributed by atoms with Crippen LogP contribution in [0.2, 0.25) is 0 Å². The fraction of sp³-hybridized carbons (Fsp3) is 0.323. The van der Waals surface area contributed by atoms with Gasteiger partial charge >= 0.3 is 0 Å². The molecule has 1 saturated heterocycles. The molecule has 6 nitrogen and oxygen atoms in total. The molecule has 0 saturated carbocycles. The van der Waals surface area contributed by atoms with Crippen molar-refractivity contribution in [3.05, 3.63) is 83.6 Å². The number of hydrogen-bond donors (Lipinski definition) is 2. The zero-order valence-corrected chi connectivity index (χ0v) is 21.6. The third kappa shape index (κ3) is 4.58. The average Bonchev–Trinajstić information content (AvgIpc) is 3.56. The summed E-state index contributed by atoms with van der Waals surface area (Å²) in [5, 5.41) is 18.5. The van der Waals surface area contributed by atoms with Crippen LogP contribution in [0.15, 0.2) is 66.9 Å². The molecular formula is C31H33N3O3. The predicted octanol–water partition coefficient (Wildman–Crippen LogP) is 6.44. The van der Waals surface area contributed by atoms with Gasteiger partial charge in [0.1, 0.15) is 30.0 Å². The van der Waals surface area contributed by atoms with Gasteiger partial charge in [-0.05, 0) is 85.8 Å². The van der Waals surface area contributed by atoms with Crippen LogP contribution in [0.4, 0.5) is 0 Å². The Labute approximate surface area is 217 Å². The Bertz CT molecular complexity index is 1460. The lowest BCUT2D eigenvalue weighted by Crippen LogP contribution is -2.35. The molecule has 0 spiro atoms. The van der Waals surface area contributed by atoms with E-state index in [0.717, 1.165) is 69.2 Å². The number of H-pyrrole nitrogens is 1. The van der Waals surface area contributed by atoms with Crippen molar-refractivity contribution < 1.29 is 14.6 Å². The molecule has 0 bridgehead atoms. The number of fused-ring (bicyclic) bond motifs is 2. The smallest absolute Gasteiger partial charge is 0.150 e. The number of aromatic nitrogens is 2. The van der Waals surface area contributed by atoms with E-state index in [4.69, 9.17) is 9.47 Å². The van der Waals surface area contributed by atoms with E-state index in [2.05, 4.69) is 66.2 Å². The average molecular weight is 496 g/mol. The molecule has 190 valence electrons. The largest absolute Gasteiger partial charge is 0.508 e. The molecule has 6 rings (SSSR count). The molecule has 1 fully saturated rings. The van der Waals surface area contributed by atoms with E-state index < -0.39 is 0 Å². The predicted molar refractivity (Wildman–Crippen MR) is 147 cm³/mol. The van der Waals surface area contributed by atoms with E-state index in [1.807, 2.05) is 24.4 Å². The SMILES string of the molecule is CC1=C(c2ccc3cn[nH]c3c2)C(c2ccc(OC[C@H](C)N3CC[C@@H](C)C3)cc2)Oc2ccc(O)cc21. The van der Waals surface area contributed by atoms with Gasteiger partial charge in [-0.2, -0.15) is 5.10 Å². The lowest BCUT2D eigenvalue weighted by molar-refractivity contribution is 0.169. The summed E-state index contributed by atoms with van der Waals surface area (Å²) in [5.74, 6) is 2.62. The first-order valence-electron chi connectivity index (χ1n) is 13.1. The Hall–Kier alpha value is -3.77. The molecule has 3 aromatic carbocycles. The summed E-state index contributed by atoms with van der Waals surface area (Å²) in [4.78, 5) is 2.51. The Morgan fingerprint density at radius 1 is 1.14 bits per heavy atom. The van der Waals surface area contributed by atoms with E-state index in [1.165, 1.54) is 6.42 Å². The highest BCUT2D eigenvalue weighted by molar-refractivity contribution is 5.97. The molecule has 2 aliphatic heterocycles. The van der Waals surface area contributed by atoms with Gasteiger partial charge in [-0.15, -0.1) is 0 Å². The van der Waals surface area contributed by atoms with E-state index in [-0.39, 0.29) is 11.9 Å². The van der Waals surface area contributed by atoms with Gasteiger partial charge in [0.2, 0.25) is 0 Å². The number of likely N-dealkylation sites (tertiary alicyclic amines) is 1. The molecule has 2 aliphatic rings. The van der Waals surface area contributed by atoms with Crippen molar-refractivity contribution in [1.82, 2.24) is 15.1 Å². The first-order chi connectivity index (χ1) is 18.0. The van der Waals surface area contributed by atoms with E-state index in [1.54, 1.807) is 12.1 Å². The number of allylic oxidation sites excluding steroid dienone is 1. The fourth-order valence-corrected chi connectivity index (χ4v) is 5.58. The standard InChI is InChI=1S/C31H33N3O3/c1-19-12-13-34(17-19)20(2)18-36-26-9-6-22(7-10-26)31-30(23-4-5-24-16-32-33-28(24)14-23)21(3)27-15-25(35)8-11-29(27)37-31/h4-11,14-16,19-20,31,35H,12-13,17-18H2,1-3H3,(H,32,33)/t19-,20+,31?/m1/s1. The number of nitrogens with zero attached hydrogens (tertiary/aromatic N) is 2. The highest BCUT2D eigenvalue weighted by Gasteiger charge is 2.30. The van der Waals surface area contributed by atoms with E-state index >= 15 is 0 Å². The minimum atomic E-state index is -0.295. The minimum Gasteiger partial charge on any atom is -0.508 e. The number of rotatable bonds is 6. The molecule has 6 heteroatoms. The van der Waals surface area contributed by atoms with Crippen LogP contribution in [0, 0.1) is 5.92 Å². The first-order valence-corrected chi connectivity index (χ1v) is 13.1. The van der Waals surface area contributed by atoms with Crippen molar-refractivity contribution in [1.29, 1.82) is 0 Å². The van der Waals surface area contributed by atoms with Crippen molar-refractivity contribution in [3.63, 3.8) is 0 Å². The van der Waals surface area contributed by atoms with Crippen molar-refractivity contribution in [2.45, 2.75) is 39.3 Å². The second kappa shape index (κ2) is 9.60. The second-order valence-corrected chi connectivity index (χ2v) is 10.5. The number of ether oxygens (including phenoxy) is 2. The molecule has 0 aliphatic carbocycles. The number of nitrogens with one attached hydrogen (secondary N) is 1. The van der Waals surface area contributed by atoms with Crippen LogP contribution >= 0.6 is 0 Å². The quantitative estimate of drug-likeness (QED) is 0.322. The number of benzene rings is 3. The van der Waals surface area contributed by atoms with Crippen molar-refractivity contribution in [2.24, 2.45) is 5.92 Å². The van der Waals surface area contributed by atoms with Gasteiger partial charge in [-0.1, -0.05) is 31.2 Å². The minimum absolute atomic E-state index is 0.225. The summed E-state index contributed by atoms with van der Waals surface area (Å²) >= 11 is 0. The van der Waals surface area contributed by atoms with Crippen LogP contribution in [0.25, 0.3) is 22.0 Å². The molecule has 0 radical (unpaired) electrons. The normalized spacial score (nSPS) is 20.6. The molecule has 3 atom stereocenters. The van der Waals surface area contributed by atoms with Gasteiger partial charge in [-0.3, -0.25) is 10.00 Å². The summed E-state index contributed by atoms with van der Waals surface area (Å²) in [6.07, 6.45) is 2.80. The maximum absolute atomic E-state index is 10.2. The summed E-state index contributed by atoms with van der Waals surface area (Å²) in [6, 6.07) is 20.2. The molecule has 4 aromatic rings. The Morgan fingerprint density at radius 3 is 2.76 bits per heavy atom. The second-order valence-electron chi connectivity index (χ2n) is 10.5. The maximum atomic E-state index is 10.2. The van der Waals surface area contributed by atoms with E-state index in [0.29, 0.717) is 12.6 Å². The molecule has 2 N–H and O–H groups in total. The van der Waals surface area contributed by atoms with Crippen molar-refractivity contribution in [2.75, 3.05) is 19.7 Å². The number of hydrogen-bond acceptors (Lipinski definition) is 5. The summed E-state index contributed by atoms with van der Waals surface area (Å²) in [6.45, 7) is 9.64. The molecule has 1 unspecified atom stereocenters. The lowest BCUT2D eigenvalue weighted by atomic mass is 9.86. The van der Waals surface area contributed by atoms with Crippen LogP contribution in [-0.4, -0.2) is 45.9 Å². The van der Waals surface area contributed by atoms with Crippen LogP contribution in [0.3, 0.4) is 0 Å². The highest BCUT2D eigenvalue weighted by atomic mass is 16.5. The monoisotopic (exact) mass is 495 g/mol. The van der Waals surface area contributed by atoms with Crippen LogP contribution in [0.1, 0.15) is 50.0 Å². The molecule has 0 amide bonds. The van der Waals surface area contributed by atoms with Crippen molar-refractivity contribution in [3.8, 4) is 17.2 Å². The number of aromatic hydroxyl groups is 1. The van der Waals surface area contributed by atoms with Gasteiger partial charge in [0, 0.05) is 29.1 Å². The van der Waals surface area contributed by atoms with Gasteiger partial charge in [-0.25, -0.2) is 0 Å². The number of phenolic OH excluding ortho intramolecular Hbond substituents is 1. The Balaban J connectivity index is 1.29. The van der Waals surface area contributed by atoms with Gasteiger partial charge in [0.25, 0.3) is 0 Å². The highest BCUT2D eigenvalue weighted by Crippen LogP contribution is 2.47. The summed E-state index contributed by atoms with van der Waals surface area (Å²) in [5.41, 5.74) is 6.13.